The predicted octanol–water partition coefficient (Wildman–Crippen LogP) is 1.27. The zero-order valence-electron chi connectivity index (χ0n) is 13.9. The molecule has 134 valence electrons. The number of hydrogen-bond donors (Lipinski definition) is 1. The van der Waals surface area contributed by atoms with E-state index >= 15 is 0 Å². The van der Waals surface area contributed by atoms with Crippen LogP contribution in [0.3, 0.4) is 0 Å². The van der Waals surface area contributed by atoms with Crippen molar-refractivity contribution < 1.29 is 13.2 Å². The minimum absolute atomic E-state index is 0.0512. The maximum Gasteiger partial charge on any atom is 0.221 e. The van der Waals surface area contributed by atoms with Crippen molar-refractivity contribution in [1.82, 2.24) is 20.1 Å². The van der Waals surface area contributed by atoms with Gasteiger partial charge in [0.1, 0.15) is 0 Å². The van der Waals surface area contributed by atoms with Gasteiger partial charge in [0.05, 0.1) is 11.5 Å². The van der Waals surface area contributed by atoms with Gasteiger partial charge in [-0.25, -0.2) is 8.42 Å². The Morgan fingerprint density at radius 1 is 1.32 bits per heavy atom. The third-order valence-corrected chi connectivity index (χ3v) is 6.81. The van der Waals surface area contributed by atoms with Gasteiger partial charge in [-0.15, -0.1) is 10.2 Å². The summed E-state index contributed by atoms with van der Waals surface area (Å²) in [6.45, 7) is 0. The molecular weight excluding hydrogens is 360 g/mol. The van der Waals surface area contributed by atoms with E-state index in [9.17, 15) is 13.2 Å². The van der Waals surface area contributed by atoms with Crippen LogP contribution in [-0.4, -0.2) is 52.4 Å². The second-order valence-electron chi connectivity index (χ2n) is 6.00. The number of carbonyl (C=O) groups excluding carboxylic acids is 1. The SMILES string of the molecule is Cn1c(SCCC(=O)NC2CCS(=O)(=O)C2)nnc1-c1ccccc1. The number of benzene rings is 1. The lowest BCUT2D eigenvalue weighted by Crippen LogP contribution is -2.35. The quantitative estimate of drug-likeness (QED) is 0.759. The number of hydrogen-bond acceptors (Lipinski definition) is 6. The Kier molecular flexibility index (Phi) is 5.43. The number of sulfone groups is 1. The third-order valence-electron chi connectivity index (χ3n) is 4.02. The first-order chi connectivity index (χ1) is 11.9. The standard InChI is InChI=1S/C16H20N4O3S2/c1-20-15(12-5-3-2-4-6-12)18-19-16(20)24-9-7-14(21)17-13-8-10-25(22,23)11-13/h2-6,13H,7-11H2,1H3,(H,17,21). The molecule has 1 atom stereocenters. The Morgan fingerprint density at radius 3 is 2.76 bits per heavy atom. The van der Waals surface area contributed by atoms with Crippen molar-refractivity contribution in [3.05, 3.63) is 30.3 Å². The normalized spacial score (nSPS) is 19.0. The minimum atomic E-state index is -2.98. The van der Waals surface area contributed by atoms with E-state index in [1.807, 2.05) is 41.9 Å². The van der Waals surface area contributed by atoms with E-state index in [1.54, 1.807) is 0 Å². The summed E-state index contributed by atoms with van der Waals surface area (Å²) in [5, 5.41) is 11.9. The topological polar surface area (TPSA) is 94.0 Å². The Labute approximate surface area is 151 Å². The van der Waals surface area contributed by atoms with Gasteiger partial charge in [0.2, 0.25) is 5.91 Å². The van der Waals surface area contributed by atoms with E-state index in [0.717, 1.165) is 16.5 Å². The molecule has 1 aromatic carbocycles. The maximum atomic E-state index is 11.9. The Morgan fingerprint density at radius 2 is 2.08 bits per heavy atom. The van der Waals surface area contributed by atoms with E-state index in [1.165, 1.54) is 11.8 Å². The van der Waals surface area contributed by atoms with Crippen LogP contribution in [0.25, 0.3) is 11.4 Å². The van der Waals surface area contributed by atoms with Crippen molar-refractivity contribution in [2.24, 2.45) is 7.05 Å². The van der Waals surface area contributed by atoms with Crippen LogP contribution in [0.2, 0.25) is 0 Å². The van der Waals surface area contributed by atoms with Crippen molar-refractivity contribution >= 4 is 27.5 Å². The van der Waals surface area contributed by atoms with Crippen LogP contribution >= 0.6 is 11.8 Å². The number of carbonyl (C=O) groups is 1. The Balaban J connectivity index is 1.49. The van der Waals surface area contributed by atoms with Crippen molar-refractivity contribution in [3.8, 4) is 11.4 Å². The first-order valence-electron chi connectivity index (χ1n) is 8.02. The van der Waals surface area contributed by atoms with Crippen LogP contribution in [0.1, 0.15) is 12.8 Å². The van der Waals surface area contributed by atoms with Gasteiger partial charge in [-0.3, -0.25) is 4.79 Å². The van der Waals surface area contributed by atoms with Crippen LogP contribution < -0.4 is 5.32 Å². The summed E-state index contributed by atoms with van der Waals surface area (Å²) in [6, 6.07) is 9.55. The molecule has 0 saturated carbocycles. The minimum Gasteiger partial charge on any atom is -0.352 e. The molecule has 0 bridgehead atoms. The zero-order chi connectivity index (χ0) is 17.9. The zero-order valence-corrected chi connectivity index (χ0v) is 15.5. The van der Waals surface area contributed by atoms with Gasteiger partial charge in [0, 0.05) is 30.8 Å². The molecule has 25 heavy (non-hydrogen) atoms. The number of amides is 1. The highest BCUT2D eigenvalue weighted by Crippen LogP contribution is 2.22. The van der Waals surface area contributed by atoms with Gasteiger partial charge in [-0.05, 0) is 6.42 Å². The molecule has 1 unspecified atom stereocenters. The molecule has 9 heteroatoms. The molecule has 1 saturated heterocycles. The van der Waals surface area contributed by atoms with Gasteiger partial charge in [0.25, 0.3) is 0 Å². The average Bonchev–Trinajstić information content (AvgIpc) is 3.11. The van der Waals surface area contributed by atoms with E-state index in [-0.39, 0.29) is 23.5 Å². The average molecular weight is 380 g/mol. The summed E-state index contributed by atoms with van der Waals surface area (Å²) in [6.07, 6.45) is 0.819. The number of rotatable bonds is 6. The van der Waals surface area contributed by atoms with Gasteiger partial charge >= 0.3 is 0 Å². The lowest BCUT2D eigenvalue weighted by molar-refractivity contribution is -0.121. The maximum absolute atomic E-state index is 11.9. The molecule has 0 radical (unpaired) electrons. The number of aromatic nitrogens is 3. The predicted molar refractivity (Wildman–Crippen MR) is 97.0 cm³/mol. The Bertz CT molecular complexity index is 850. The fourth-order valence-corrected chi connectivity index (χ4v) is 5.24. The largest absolute Gasteiger partial charge is 0.352 e. The van der Waals surface area contributed by atoms with Crippen molar-refractivity contribution in [3.63, 3.8) is 0 Å². The summed E-state index contributed by atoms with van der Waals surface area (Å²) in [4.78, 5) is 11.9. The second kappa shape index (κ2) is 7.57. The van der Waals surface area contributed by atoms with Crippen LogP contribution in [0, 0.1) is 0 Å². The lowest BCUT2D eigenvalue weighted by atomic mass is 10.2. The monoisotopic (exact) mass is 380 g/mol. The van der Waals surface area contributed by atoms with Gasteiger partial charge in [0.15, 0.2) is 20.8 Å². The van der Waals surface area contributed by atoms with Gasteiger partial charge in [-0.1, -0.05) is 42.1 Å². The van der Waals surface area contributed by atoms with Crippen LogP contribution in [0.5, 0.6) is 0 Å². The molecule has 1 aliphatic rings. The highest BCUT2D eigenvalue weighted by Gasteiger charge is 2.28. The molecule has 1 fully saturated rings. The molecule has 1 aromatic heterocycles. The van der Waals surface area contributed by atoms with E-state index < -0.39 is 9.84 Å². The van der Waals surface area contributed by atoms with Gasteiger partial charge < -0.3 is 9.88 Å². The van der Waals surface area contributed by atoms with Crippen LogP contribution in [-0.2, 0) is 21.7 Å². The molecular formula is C16H20N4O3S2. The van der Waals surface area contributed by atoms with E-state index in [0.29, 0.717) is 18.6 Å². The smallest absolute Gasteiger partial charge is 0.221 e. The summed E-state index contributed by atoms with van der Waals surface area (Å²) >= 11 is 1.46. The first-order valence-corrected chi connectivity index (χ1v) is 10.8. The lowest BCUT2D eigenvalue weighted by Gasteiger charge is -2.10. The molecule has 0 spiro atoms. The fraction of sp³-hybridized carbons (Fsp3) is 0.438. The highest BCUT2D eigenvalue weighted by molar-refractivity contribution is 7.99. The molecule has 2 heterocycles. The third kappa shape index (κ3) is 4.60. The summed E-state index contributed by atoms with van der Waals surface area (Å²) in [5.41, 5.74) is 0.990. The van der Waals surface area contributed by atoms with E-state index in [2.05, 4.69) is 15.5 Å². The van der Waals surface area contributed by atoms with Crippen molar-refractivity contribution in [2.45, 2.75) is 24.0 Å². The molecule has 0 aliphatic carbocycles. The first kappa shape index (κ1) is 17.9. The highest BCUT2D eigenvalue weighted by atomic mass is 32.2. The van der Waals surface area contributed by atoms with Crippen LogP contribution in [0.15, 0.2) is 35.5 Å². The molecule has 1 aliphatic heterocycles. The molecule has 7 nitrogen and oxygen atoms in total. The number of thioether (sulfide) groups is 1. The molecule has 3 rings (SSSR count). The van der Waals surface area contributed by atoms with E-state index in [4.69, 9.17) is 0 Å². The van der Waals surface area contributed by atoms with Crippen molar-refractivity contribution in [1.29, 1.82) is 0 Å². The van der Waals surface area contributed by atoms with Gasteiger partial charge in [-0.2, -0.15) is 0 Å². The molecule has 2 aromatic rings. The second-order valence-corrected chi connectivity index (χ2v) is 9.29. The summed E-state index contributed by atoms with van der Waals surface area (Å²) in [7, 11) is -1.08. The molecule has 1 amide bonds. The van der Waals surface area contributed by atoms with Crippen LogP contribution in [0.4, 0.5) is 0 Å². The fourth-order valence-electron chi connectivity index (χ4n) is 2.72. The Hall–Kier alpha value is -1.87. The number of nitrogens with one attached hydrogen (secondary N) is 1. The number of nitrogens with zero attached hydrogens (tertiary/aromatic N) is 3. The summed E-state index contributed by atoms with van der Waals surface area (Å²) in [5.74, 6) is 1.43. The molecule has 1 N–H and O–H groups in total. The summed E-state index contributed by atoms with van der Waals surface area (Å²) < 4.78 is 24.7. The van der Waals surface area contributed by atoms with Crippen molar-refractivity contribution in [2.75, 3.05) is 17.3 Å².